The Morgan fingerprint density at radius 1 is 1.53 bits per heavy atom. The van der Waals surface area contributed by atoms with Crippen LogP contribution in [0.4, 0.5) is 13.2 Å². The summed E-state index contributed by atoms with van der Waals surface area (Å²) in [4.78, 5) is 3.65. The summed E-state index contributed by atoms with van der Waals surface area (Å²) in [6, 6.07) is 0. The monoisotopic (exact) mass is 353 g/mol. The van der Waals surface area contributed by atoms with Crippen LogP contribution in [0, 0.1) is 3.57 Å². The third-order valence-corrected chi connectivity index (χ3v) is 2.41. The SMILES string of the molecule is Oc1c(CCl)ncc(I)c1OC(F)(F)F. The Morgan fingerprint density at radius 3 is 2.60 bits per heavy atom. The molecule has 0 unspecified atom stereocenters. The van der Waals surface area contributed by atoms with E-state index in [-0.39, 0.29) is 15.1 Å². The van der Waals surface area contributed by atoms with E-state index in [0.717, 1.165) is 6.20 Å². The van der Waals surface area contributed by atoms with E-state index >= 15 is 0 Å². The highest BCUT2D eigenvalue weighted by atomic mass is 127. The van der Waals surface area contributed by atoms with E-state index in [4.69, 9.17) is 11.6 Å². The lowest BCUT2D eigenvalue weighted by molar-refractivity contribution is -0.275. The third-order valence-electron chi connectivity index (χ3n) is 1.38. The first kappa shape index (κ1) is 12.6. The number of aromatic nitrogens is 1. The molecule has 0 atom stereocenters. The Balaban J connectivity index is 3.15. The van der Waals surface area contributed by atoms with Crippen molar-refractivity contribution in [1.29, 1.82) is 0 Å². The van der Waals surface area contributed by atoms with Gasteiger partial charge in [-0.05, 0) is 22.6 Å². The molecule has 0 aromatic carbocycles. The summed E-state index contributed by atoms with van der Waals surface area (Å²) in [6.45, 7) is 0. The van der Waals surface area contributed by atoms with Gasteiger partial charge in [-0.2, -0.15) is 0 Å². The molecule has 1 aromatic heterocycles. The minimum Gasteiger partial charge on any atom is -0.503 e. The summed E-state index contributed by atoms with van der Waals surface area (Å²) >= 11 is 6.93. The molecular weight excluding hydrogens is 349 g/mol. The number of hydrogen-bond donors (Lipinski definition) is 1. The van der Waals surface area contributed by atoms with Gasteiger partial charge in [0.05, 0.1) is 9.45 Å². The quantitative estimate of drug-likeness (QED) is 0.656. The summed E-state index contributed by atoms with van der Waals surface area (Å²) in [5.74, 6) is -1.56. The maximum absolute atomic E-state index is 11.9. The average molecular weight is 353 g/mol. The van der Waals surface area contributed by atoms with Crippen molar-refractivity contribution in [3.63, 3.8) is 0 Å². The highest BCUT2D eigenvalue weighted by Crippen LogP contribution is 2.37. The number of aromatic hydroxyl groups is 1. The van der Waals surface area contributed by atoms with Crippen LogP contribution in [-0.4, -0.2) is 16.5 Å². The Morgan fingerprint density at radius 2 is 2.13 bits per heavy atom. The summed E-state index contributed by atoms with van der Waals surface area (Å²) in [5.41, 5.74) is -0.0590. The van der Waals surface area contributed by atoms with Gasteiger partial charge in [0.15, 0.2) is 11.5 Å². The van der Waals surface area contributed by atoms with E-state index in [1.165, 1.54) is 0 Å². The predicted octanol–water partition coefficient (Wildman–Crippen LogP) is 3.03. The molecule has 1 N–H and O–H groups in total. The lowest BCUT2D eigenvalue weighted by Gasteiger charge is -2.12. The number of halogens is 5. The molecule has 0 amide bonds. The van der Waals surface area contributed by atoms with Crippen molar-refractivity contribution in [2.75, 3.05) is 0 Å². The lowest BCUT2D eigenvalue weighted by Crippen LogP contribution is -2.18. The Labute approximate surface area is 101 Å². The standard InChI is InChI=1S/C7H4ClF3INO2/c8-1-4-5(14)6(3(12)2-13-4)15-7(9,10)11/h2,14H,1H2. The van der Waals surface area contributed by atoms with E-state index in [9.17, 15) is 18.3 Å². The summed E-state index contributed by atoms with van der Waals surface area (Å²) < 4.78 is 39.5. The summed E-state index contributed by atoms with van der Waals surface area (Å²) in [6.07, 6.45) is -3.72. The maximum Gasteiger partial charge on any atom is 0.573 e. The van der Waals surface area contributed by atoms with E-state index in [2.05, 4.69) is 9.72 Å². The molecule has 0 spiro atoms. The molecular formula is C7H4ClF3INO2. The van der Waals surface area contributed by atoms with Crippen LogP contribution < -0.4 is 4.74 Å². The van der Waals surface area contributed by atoms with Gasteiger partial charge in [0, 0.05) is 6.20 Å². The second kappa shape index (κ2) is 4.60. The molecule has 3 nitrogen and oxygen atoms in total. The van der Waals surface area contributed by atoms with Gasteiger partial charge in [-0.15, -0.1) is 24.8 Å². The Kier molecular flexibility index (Phi) is 3.87. The van der Waals surface area contributed by atoms with Crippen molar-refractivity contribution in [2.45, 2.75) is 12.2 Å². The van der Waals surface area contributed by atoms with Crippen LogP contribution in [0.15, 0.2) is 6.20 Å². The summed E-state index contributed by atoms with van der Waals surface area (Å²) in [5, 5.41) is 9.36. The van der Waals surface area contributed by atoms with Crippen LogP contribution in [-0.2, 0) is 5.88 Å². The van der Waals surface area contributed by atoms with Gasteiger partial charge in [0.1, 0.15) is 5.69 Å². The van der Waals surface area contributed by atoms with Gasteiger partial charge in [-0.3, -0.25) is 4.98 Å². The van der Waals surface area contributed by atoms with Crippen LogP contribution >= 0.6 is 34.2 Å². The highest BCUT2D eigenvalue weighted by molar-refractivity contribution is 14.1. The molecule has 8 heteroatoms. The van der Waals surface area contributed by atoms with E-state index in [1.807, 2.05) is 0 Å². The second-order valence-corrected chi connectivity index (χ2v) is 3.84. The predicted molar refractivity (Wildman–Crippen MR) is 54.9 cm³/mol. The maximum atomic E-state index is 11.9. The van der Waals surface area contributed by atoms with E-state index in [1.54, 1.807) is 22.6 Å². The molecule has 0 saturated heterocycles. The first-order valence-corrected chi connectivity index (χ1v) is 5.14. The largest absolute Gasteiger partial charge is 0.573 e. The molecule has 0 saturated carbocycles. The molecule has 1 rings (SSSR count). The molecule has 0 aliphatic heterocycles. The van der Waals surface area contributed by atoms with Crippen LogP contribution in [0.1, 0.15) is 5.69 Å². The topological polar surface area (TPSA) is 42.4 Å². The smallest absolute Gasteiger partial charge is 0.503 e. The van der Waals surface area contributed by atoms with Crippen LogP contribution in [0.5, 0.6) is 11.5 Å². The van der Waals surface area contributed by atoms with Gasteiger partial charge in [0.2, 0.25) is 0 Å². The van der Waals surface area contributed by atoms with Gasteiger partial charge < -0.3 is 9.84 Å². The van der Waals surface area contributed by atoms with E-state index < -0.39 is 17.9 Å². The van der Waals surface area contributed by atoms with Crippen LogP contribution in [0.25, 0.3) is 0 Å². The first-order chi connectivity index (χ1) is 6.85. The Hall–Kier alpha value is -0.440. The minimum absolute atomic E-state index is 0.0521. The lowest BCUT2D eigenvalue weighted by atomic mass is 10.3. The van der Waals surface area contributed by atoms with E-state index in [0.29, 0.717) is 0 Å². The number of rotatable bonds is 2. The van der Waals surface area contributed by atoms with Crippen molar-refractivity contribution >= 4 is 34.2 Å². The number of ether oxygens (including phenoxy) is 1. The Bertz CT molecular complexity index is 372. The number of nitrogens with zero attached hydrogens (tertiary/aromatic N) is 1. The van der Waals surface area contributed by atoms with Gasteiger partial charge >= 0.3 is 6.36 Å². The van der Waals surface area contributed by atoms with Gasteiger partial charge in [-0.25, -0.2) is 0 Å². The zero-order valence-electron chi connectivity index (χ0n) is 6.98. The summed E-state index contributed by atoms with van der Waals surface area (Å²) in [7, 11) is 0. The number of pyridine rings is 1. The molecule has 0 fully saturated rings. The zero-order valence-corrected chi connectivity index (χ0v) is 9.89. The molecule has 0 radical (unpaired) electrons. The fourth-order valence-corrected chi connectivity index (χ4v) is 1.51. The van der Waals surface area contributed by atoms with Gasteiger partial charge in [-0.1, -0.05) is 0 Å². The highest BCUT2D eigenvalue weighted by Gasteiger charge is 2.34. The van der Waals surface area contributed by atoms with Crippen molar-refractivity contribution in [3.05, 3.63) is 15.5 Å². The first-order valence-electron chi connectivity index (χ1n) is 3.53. The van der Waals surface area contributed by atoms with Crippen molar-refractivity contribution in [2.24, 2.45) is 0 Å². The van der Waals surface area contributed by atoms with Crippen molar-refractivity contribution in [3.8, 4) is 11.5 Å². The fraction of sp³-hybridized carbons (Fsp3) is 0.286. The molecule has 15 heavy (non-hydrogen) atoms. The number of hydrogen-bond acceptors (Lipinski definition) is 3. The molecule has 1 heterocycles. The average Bonchev–Trinajstić information content (AvgIpc) is 2.11. The minimum atomic E-state index is -4.86. The molecule has 84 valence electrons. The molecule has 0 aliphatic carbocycles. The molecule has 0 bridgehead atoms. The number of alkyl halides is 4. The van der Waals surface area contributed by atoms with Crippen molar-refractivity contribution < 1.29 is 23.0 Å². The van der Waals surface area contributed by atoms with Gasteiger partial charge in [0.25, 0.3) is 0 Å². The van der Waals surface area contributed by atoms with Crippen LogP contribution in [0.3, 0.4) is 0 Å². The third kappa shape index (κ3) is 3.26. The van der Waals surface area contributed by atoms with Crippen LogP contribution in [0.2, 0.25) is 0 Å². The molecule has 0 aliphatic rings. The van der Waals surface area contributed by atoms with Crippen molar-refractivity contribution in [1.82, 2.24) is 4.98 Å². The zero-order chi connectivity index (χ0) is 11.6. The fourth-order valence-electron chi connectivity index (χ4n) is 0.809. The normalized spacial score (nSPS) is 11.5. The second-order valence-electron chi connectivity index (χ2n) is 2.41. The molecule has 1 aromatic rings.